The second-order valence-corrected chi connectivity index (χ2v) is 4.51. The molecule has 0 saturated heterocycles. The average Bonchev–Trinajstić information content (AvgIpc) is 2.66. The first-order chi connectivity index (χ1) is 9.02. The number of aryl methyl sites for hydroxylation is 1. The van der Waals surface area contributed by atoms with Crippen molar-refractivity contribution in [3.05, 3.63) is 24.0 Å². The van der Waals surface area contributed by atoms with Crippen molar-refractivity contribution in [2.75, 3.05) is 5.32 Å². The van der Waals surface area contributed by atoms with Crippen LogP contribution in [0.25, 0.3) is 11.0 Å². The zero-order chi connectivity index (χ0) is 14.0. The van der Waals surface area contributed by atoms with Crippen molar-refractivity contribution in [2.24, 2.45) is 12.8 Å². The Labute approximate surface area is 110 Å². The van der Waals surface area contributed by atoms with Crippen LogP contribution in [0.15, 0.2) is 18.2 Å². The van der Waals surface area contributed by atoms with Gasteiger partial charge in [-0.3, -0.25) is 10.1 Å². The summed E-state index contributed by atoms with van der Waals surface area (Å²) >= 11 is 0. The lowest BCUT2D eigenvalue weighted by Crippen LogP contribution is -2.36. The number of fused-ring (bicyclic) bond motifs is 1. The largest absolute Gasteiger partial charge is 0.320 e. The molecular weight excluding hydrogens is 247 g/mol. The van der Waals surface area contributed by atoms with E-state index in [0.717, 1.165) is 11.9 Å². The van der Waals surface area contributed by atoms with Crippen molar-refractivity contribution in [1.29, 1.82) is 0 Å². The lowest BCUT2D eigenvalue weighted by atomic mass is 10.2. The van der Waals surface area contributed by atoms with Crippen molar-refractivity contribution >= 4 is 22.9 Å². The highest BCUT2D eigenvalue weighted by atomic mass is 19.1. The van der Waals surface area contributed by atoms with Crippen LogP contribution < -0.4 is 11.1 Å². The third-order valence-corrected chi connectivity index (χ3v) is 3.01. The Morgan fingerprint density at radius 3 is 3.00 bits per heavy atom. The molecule has 1 aromatic carbocycles. The Balaban J connectivity index is 2.26. The molecule has 5 nitrogen and oxygen atoms in total. The van der Waals surface area contributed by atoms with E-state index in [-0.39, 0.29) is 11.7 Å². The van der Waals surface area contributed by atoms with Crippen molar-refractivity contribution in [3.63, 3.8) is 0 Å². The normalized spacial score (nSPS) is 12.6. The van der Waals surface area contributed by atoms with Gasteiger partial charge in [0, 0.05) is 13.1 Å². The van der Waals surface area contributed by atoms with E-state index in [1.165, 1.54) is 12.1 Å². The summed E-state index contributed by atoms with van der Waals surface area (Å²) in [4.78, 5) is 16.0. The number of rotatable bonds is 4. The molecule has 19 heavy (non-hydrogen) atoms. The van der Waals surface area contributed by atoms with Gasteiger partial charge >= 0.3 is 0 Å². The Bertz CT molecular complexity index is 608. The number of imidazole rings is 1. The summed E-state index contributed by atoms with van der Waals surface area (Å²) in [5, 5.41) is 2.67. The fraction of sp³-hybridized carbons (Fsp3) is 0.385. The number of benzene rings is 1. The Hall–Kier alpha value is -1.95. The van der Waals surface area contributed by atoms with E-state index in [1.54, 1.807) is 17.7 Å². The molecule has 0 fully saturated rings. The molecule has 0 aliphatic carbocycles. The second-order valence-electron chi connectivity index (χ2n) is 4.51. The third kappa shape index (κ3) is 2.73. The van der Waals surface area contributed by atoms with Gasteiger partial charge < -0.3 is 10.3 Å². The van der Waals surface area contributed by atoms with E-state index < -0.39 is 6.04 Å². The number of nitrogens with two attached hydrogens (primary N) is 1. The highest BCUT2D eigenvalue weighted by Crippen LogP contribution is 2.19. The van der Waals surface area contributed by atoms with Gasteiger partial charge in [-0.2, -0.15) is 0 Å². The van der Waals surface area contributed by atoms with Gasteiger partial charge in [-0.05, 0) is 18.6 Å². The summed E-state index contributed by atoms with van der Waals surface area (Å²) in [7, 11) is 1.76. The third-order valence-electron chi connectivity index (χ3n) is 3.01. The number of anilines is 1. The molecule has 1 atom stereocenters. The minimum absolute atomic E-state index is 0.277. The molecule has 1 unspecified atom stereocenters. The maximum absolute atomic E-state index is 13.1. The second kappa shape index (κ2) is 5.36. The maximum Gasteiger partial charge on any atom is 0.243 e. The van der Waals surface area contributed by atoms with E-state index in [2.05, 4.69) is 10.3 Å². The molecule has 1 aromatic heterocycles. The van der Waals surface area contributed by atoms with Crippen molar-refractivity contribution in [2.45, 2.75) is 25.8 Å². The monoisotopic (exact) mass is 264 g/mol. The Morgan fingerprint density at radius 1 is 1.58 bits per heavy atom. The molecule has 2 aromatic rings. The summed E-state index contributed by atoms with van der Waals surface area (Å²) < 4.78 is 14.8. The van der Waals surface area contributed by atoms with Gasteiger partial charge in [0.15, 0.2) is 0 Å². The van der Waals surface area contributed by atoms with E-state index in [1.807, 2.05) is 6.92 Å². The smallest absolute Gasteiger partial charge is 0.243 e. The molecule has 0 radical (unpaired) electrons. The molecule has 0 saturated carbocycles. The van der Waals surface area contributed by atoms with Crippen LogP contribution >= 0.6 is 0 Å². The van der Waals surface area contributed by atoms with Gasteiger partial charge in [-0.15, -0.1) is 0 Å². The SMILES string of the molecule is CCCC(N)C(=O)Nc1nc2cc(F)ccc2n1C. The molecule has 0 bridgehead atoms. The number of carbonyl (C=O) groups excluding carboxylic acids is 1. The van der Waals surface area contributed by atoms with Crippen LogP contribution in [0.4, 0.5) is 10.3 Å². The molecule has 3 N–H and O–H groups in total. The van der Waals surface area contributed by atoms with Crippen LogP contribution in [0.2, 0.25) is 0 Å². The van der Waals surface area contributed by atoms with E-state index in [4.69, 9.17) is 5.73 Å². The molecular formula is C13H17FN4O. The van der Waals surface area contributed by atoms with Crippen molar-refractivity contribution in [3.8, 4) is 0 Å². The quantitative estimate of drug-likeness (QED) is 0.884. The van der Waals surface area contributed by atoms with Gasteiger partial charge in [0.2, 0.25) is 11.9 Å². The van der Waals surface area contributed by atoms with Gasteiger partial charge in [0.1, 0.15) is 5.82 Å². The number of amides is 1. The summed E-state index contributed by atoms with van der Waals surface area (Å²) in [6.45, 7) is 1.96. The molecule has 0 aliphatic rings. The summed E-state index contributed by atoms with van der Waals surface area (Å²) in [5.74, 6) is -0.260. The maximum atomic E-state index is 13.1. The predicted molar refractivity (Wildman–Crippen MR) is 72.2 cm³/mol. The highest BCUT2D eigenvalue weighted by molar-refractivity contribution is 5.94. The zero-order valence-electron chi connectivity index (χ0n) is 11.0. The number of aromatic nitrogens is 2. The zero-order valence-corrected chi connectivity index (χ0v) is 11.0. The number of nitrogens with one attached hydrogen (secondary N) is 1. The van der Waals surface area contributed by atoms with E-state index >= 15 is 0 Å². The van der Waals surface area contributed by atoms with Gasteiger partial charge in [0.05, 0.1) is 17.1 Å². The van der Waals surface area contributed by atoms with Gasteiger partial charge in [0.25, 0.3) is 0 Å². The molecule has 6 heteroatoms. The van der Waals surface area contributed by atoms with Crippen LogP contribution in [0.1, 0.15) is 19.8 Å². The standard InChI is InChI=1S/C13H17FN4O/c1-3-4-9(15)12(19)17-13-16-10-7-8(14)5-6-11(10)18(13)2/h5-7,9H,3-4,15H2,1-2H3,(H,16,17,19). The first-order valence-electron chi connectivity index (χ1n) is 6.21. The number of halogens is 1. The first-order valence-corrected chi connectivity index (χ1v) is 6.21. The molecule has 102 valence electrons. The molecule has 1 heterocycles. The van der Waals surface area contributed by atoms with Crippen LogP contribution in [0, 0.1) is 5.82 Å². The summed E-state index contributed by atoms with van der Waals surface area (Å²) in [6, 6.07) is 3.76. The average molecular weight is 264 g/mol. The molecule has 0 spiro atoms. The van der Waals surface area contributed by atoms with Crippen LogP contribution in [-0.4, -0.2) is 21.5 Å². The van der Waals surface area contributed by atoms with Crippen LogP contribution in [0.3, 0.4) is 0 Å². The van der Waals surface area contributed by atoms with Crippen molar-refractivity contribution in [1.82, 2.24) is 9.55 Å². The minimum atomic E-state index is -0.554. The molecule has 0 aliphatic heterocycles. The Morgan fingerprint density at radius 2 is 2.32 bits per heavy atom. The lowest BCUT2D eigenvalue weighted by molar-refractivity contribution is -0.117. The lowest BCUT2D eigenvalue weighted by Gasteiger charge is -2.10. The van der Waals surface area contributed by atoms with E-state index in [9.17, 15) is 9.18 Å². The fourth-order valence-corrected chi connectivity index (χ4v) is 1.93. The summed E-state index contributed by atoms with van der Waals surface area (Å²) in [6.07, 6.45) is 1.45. The number of hydrogen-bond donors (Lipinski definition) is 2. The summed E-state index contributed by atoms with van der Waals surface area (Å²) in [5.41, 5.74) is 6.99. The predicted octanol–water partition coefficient (Wildman–Crippen LogP) is 1.78. The first kappa shape index (κ1) is 13.5. The molecule has 1 amide bonds. The Kier molecular flexibility index (Phi) is 3.80. The minimum Gasteiger partial charge on any atom is -0.320 e. The van der Waals surface area contributed by atoms with Crippen LogP contribution in [0.5, 0.6) is 0 Å². The number of nitrogens with zero attached hydrogens (tertiary/aromatic N) is 2. The fourth-order valence-electron chi connectivity index (χ4n) is 1.93. The van der Waals surface area contributed by atoms with Crippen LogP contribution in [-0.2, 0) is 11.8 Å². The molecule has 2 rings (SSSR count). The highest BCUT2D eigenvalue weighted by Gasteiger charge is 2.16. The van der Waals surface area contributed by atoms with Gasteiger partial charge in [-0.1, -0.05) is 13.3 Å². The number of hydrogen-bond acceptors (Lipinski definition) is 3. The van der Waals surface area contributed by atoms with E-state index in [0.29, 0.717) is 17.9 Å². The van der Waals surface area contributed by atoms with Gasteiger partial charge in [-0.25, -0.2) is 9.37 Å². The van der Waals surface area contributed by atoms with Crippen molar-refractivity contribution < 1.29 is 9.18 Å². The topological polar surface area (TPSA) is 72.9 Å². The number of carbonyl (C=O) groups is 1.